The van der Waals surface area contributed by atoms with Crippen LogP contribution >= 0.6 is 0 Å². The van der Waals surface area contributed by atoms with Crippen LogP contribution in [0, 0.1) is 5.41 Å². The molecule has 19 heavy (non-hydrogen) atoms. The SMILES string of the molecule is CC(C)(C)C(Cn1ccnc1)NC(=O)/C=C/C(=O)O. The Labute approximate surface area is 112 Å². The Morgan fingerprint density at radius 1 is 1.42 bits per heavy atom. The molecule has 2 N–H and O–H groups in total. The average Bonchev–Trinajstić information content (AvgIpc) is 2.77. The predicted octanol–water partition coefficient (Wildman–Crippen LogP) is 1.05. The number of carboxylic acids is 1. The molecule has 1 heterocycles. The minimum absolute atomic E-state index is 0.132. The molecule has 6 heteroatoms. The van der Waals surface area contributed by atoms with E-state index in [4.69, 9.17) is 5.11 Å². The standard InChI is InChI=1S/C13H19N3O3/c1-13(2,3)10(8-16-7-6-14-9-16)15-11(17)4-5-12(18)19/h4-7,9-10H,8H2,1-3H3,(H,15,17)(H,18,19)/b5-4+. The summed E-state index contributed by atoms with van der Waals surface area (Å²) in [4.78, 5) is 26.0. The van der Waals surface area contributed by atoms with Crippen LogP contribution in [0.5, 0.6) is 0 Å². The van der Waals surface area contributed by atoms with Crippen molar-refractivity contribution >= 4 is 11.9 Å². The number of aromatic nitrogens is 2. The van der Waals surface area contributed by atoms with Crippen molar-refractivity contribution in [3.05, 3.63) is 30.9 Å². The first kappa shape index (κ1) is 14.9. The summed E-state index contributed by atoms with van der Waals surface area (Å²) in [6.45, 7) is 6.61. The van der Waals surface area contributed by atoms with Crippen molar-refractivity contribution < 1.29 is 14.7 Å². The van der Waals surface area contributed by atoms with E-state index in [1.165, 1.54) is 0 Å². The number of amides is 1. The molecule has 0 aliphatic rings. The fourth-order valence-corrected chi connectivity index (χ4v) is 1.51. The first-order valence-corrected chi connectivity index (χ1v) is 5.96. The van der Waals surface area contributed by atoms with Crippen LogP contribution in [-0.2, 0) is 16.1 Å². The molecule has 0 bridgehead atoms. The summed E-state index contributed by atoms with van der Waals surface area (Å²) in [6, 6.07) is -0.132. The number of carboxylic acid groups (broad SMARTS) is 1. The van der Waals surface area contributed by atoms with Gasteiger partial charge in [-0.15, -0.1) is 0 Å². The van der Waals surface area contributed by atoms with Gasteiger partial charge < -0.3 is 15.0 Å². The molecule has 1 aromatic heterocycles. The van der Waals surface area contributed by atoms with Gasteiger partial charge in [-0.1, -0.05) is 20.8 Å². The summed E-state index contributed by atoms with van der Waals surface area (Å²) >= 11 is 0. The second-order valence-corrected chi connectivity index (χ2v) is 5.36. The molecule has 0 spiro atoms. The van der Waals surface area contributed by atoms with Crippen molar-refractivity contribution in [1.29, 1.82) is 0 Å². The molecule has 1 unspecified atom stereocenters. The van der Waals surface area contributed by atoms with Gasteiger partial charge in [-0.2, -0.15) is 0 Å². The number of carbonyl (C=O) groups excluding carboxylic acids is 1. The summed E-state index contributed by atoms with van der Waals surface area (Å²) < 4.78 is 1.87. The molecule has 104 valence electrons. The first-order valence-electron chi connectivity index (χ1n) is 5.96. The molecule has 0 aliphatic heterocycles. The van der Waals surface area contributed by atoms with E-state index in [1.54, 1.807) is 12.5 Å². The summed E-state index contributed by atoms with van der Waals surface area (Å²) in [5.74, 6) is -1.56. The largest absolute Gasteiger partial charge is 0.478 e. The Bertz CT molecular complexity index is 458. The number of carbonyl (C=O) groups is 2. The molecule has 6 nitrogen and oxygen atoms in total. The van der Waals surface area contributed by atoms with E-state index in [-0.39, 0.29) is 11.5 Å². The van der Waals surface area contributed by atoms with Crippen LogP contribution in [0.1, 0.15) is 20.8 Å². The van der Waals surface area contributed by atoms with Crippen molar-refractivity contribution in [2.24, 2.45) is 5.41 Å². The number of nitrogens with zero attached hydrogens (tertiary/aromatic N) is 2. The zero-order valence-electron chi connectivity index (χ0n) is 11.3. The third-order valence-corrected chi connectivity index (χ3v) is 2.69. The number of hydrogen-bond donors (Lipinski definition) is 2. The zero-order valence-corrected chi connectivity index (χ0v) is 11.3. The van der Waals surface area contributed by atoms with Gasteiger partial charge in [0, 0.05) is 31.1 Å². The molecule has 1 aromatic rings. The lowest BCUT2D eigenvalue weighted by Crippen LogP contribution is -2.45. The zero-order chi connectivity index (χ0) is 14.5. The fourth-order valence-electron chi connectivity index (χ4n) is 1.51. The van der Waals surface area contributed by atoms with Gasteiger partial charge in [0.1, 0.15) is 0 Å². The Morgan fingerprint density at radius 3 is 2.58 bits per heavy atom. The molecular weight excluding hydrogens is 246 g/mol. The monoisotopic (exact) mass is 265 g/mol. The number of hydrogen-bond acceptors (Lipinski definition) is 3. The Kier molecular flexibility index (Phi) is 4.86. The lowest BCUT2D eigenvalue weighted by atomic mass is 9.86. The first-order chi connectivity index (χ1) is 8.79. The van der Waals surface area contributed by atoms with Gasteiger partial charge in [-0.25, -0.2) is 9.78 Å². The molecule has 1 amide bonds. The Hall–Kier alpha value is -2.11. The molecule has 0 saturated heterocycles. The van der Waals surface area contributed by atoms with Gasteiger partial charge >= 0.3 is 5.97 Å². The average molecular weight is 265 g/mol. The summed E-state index contributed by atoms with van der Waals surface area (Å²) in [5.41, 5.74) is -0.156. The van der Waals surface area contributed by atoms with Gasteiger partial charge in [0.25, 0.3) is 0 Å². The normalized spacial score (nSPS) is 13.4. The van der Waals surface area contributed by atoms with Crippen LogP contribution in [-0.4, -0.2) is 32.6 Å². The topological polar surface area (TPSA) is 84.2 Å². The summed E-state index contributed by atoms with van der Waals surface area (Å²) in [6.07, 6.45) is 7.02. The highest BCUT2D eigenvalue weighted by molar-refractivity contribution is 5.94. The van der Waals surface area contributed by atoms with Gasteiger partial charge in [0.15, 0.2) is 0 Å². The van der Waals surface area contributed by atoms with Crippen molar-refractivity contribution in [1.82, 2.24) is 14.9 Å². The highest BCUT2D eigenvalue weighted by atomic mass is 16.4. The smallest absolute Gasteiger partial charge is 0.328 e. The Morgan fingerprint density at radius 2 is 2.11 bits per heavy atom. The minimum atomic E-state index is -1.14. The molecule has 0 aliphatic carbocycles. The predicted molar refractivity (Wildman–Crippen MR) is 70.4 cm³/mol. The maximum atomic E-state index is 11.6. The van der Waals surface area contributed by atoms with Crippen molar-refractivity contribution in [2.45, 2.75) is 33.4 Å². The van der Waals surface area contributed by atoms with Crippen LogP contribution in [0.2, 0.25) is 0 Å². The van der Waals surface area contributed by atoms with Gasteiger partial charge in [-0.05, 0) is 5.41 Å². The highest BCUT2D eigenvalue weighted by Gasteiger charge is 2.25. The van der Waals surface area contributed by atoms with Crippen LogP contribution in [0.3, 0.4) is 0 Å². The molecule has 0 aromatic carbocycles. The quantitative estimate of drug-likeness (QED) is 0.779. The fraction of sp³-hybridized carbons (Fsp3) is 0.462. The van der Waals surface area contributed by atoms with Crippen molar-refractivity contribution in [3.63, 3.8) is 0 Å². The maximum Gasteiger partial charge on any atom is 0.328 e. The third kappa shape index (κ3) is 5.37. The third-order valence-electron chi connectivity index (χ3n) is 2.69. The van der Waals surface area contributed by atoms with Crippen LogP contribution in [0.4, 0.5) is 0 Å². The van der Waals surface area contributed by atoms with Crippen molar-refractivity contribution in [3.8, 4) is 0 Å². The minimum Gasteiger partial charge on any atom is -0.478 e. The summed E-state index contributed by atoms with van der Waals surface area (Å²) in [7, 11) is 0. The van der Waals surface area contributed by atoms with Gasteiger partial charge in [0.05, 0.1) is 12.4 Å². The molecule has 0 radical (unpaired) electrons. The second kappa shape index (κ2) is 6.17. The number of rotatable bonds is 5. The Balaban J connectivity index is 2.70. The molecule has 1 atom stereocenters. The van der Waals surface area contributed by atoms with Crippen molar-refractivity contribution in [2.75, 3.05) is 0 Å². The summed E-state index contributed by atoms with van der Waals surface area (Å²) in [5, 5.41) is 11.3. The molecular formula is C13H19N3O3. The van der Waals surface area contributed by atoms with Crippen LogP contribution < -0.4 is 5.32 Å². The maximum absolute atomic E-state index is 11.6. The van der Waals surface area contributed by atoms with E-state index < -0.39 is 11.9 Å². The number of imidazole rings is 1. The van der Waals surface area contributed by atoms with E-state index in [9.17, 15) is 9.59 Å². The van der Waals surface area contributed by atoms with E-state index in [0.29, 0.717) is 6.54 Å². The van der Waals surface area contributed by atoms with E-state index in [2.05, 4.69) is 10.3 Å². The second-order valence-electron chi connectivity index (χ2n) is 5.36. The van der Waals surface area contributed by atoms with Gasteiger partial charge in [0.2, 0.25) is 5.91 Å². The lowest BCUT2D eigenvalue weighted by molar-refractivity contribution is -0.131. The molecule has 0 saturated carbocycles. The molecule has 0 fully saturated rings. The van der Waals surface area contributed by atoms with E-state index in [1.807, 2.05) is 31.5 Å². The lowest BCUT2D eigenvalue weighted by Gasteiger charge is -2.31. The number of nitrogens with one attached hydrogen (secondary N) is 1. The highest BCUT2D eigenvalue weighted by Crippen LogP contribution is 2.20. The van der Waals surface area contributed by atoms with Crippen LogP contribution in [0.15, 0.2) is 30.9 Å². The van der Waals surface area contributed by atoms with Gasteiger partial charge in [-0.3, -0.25) is 4.79 Å². The number of aliphatic carboxylic acids is 1. The van der Waals surface area contributed by atoms with E-state index >= 15 is 0 Å². The van der Waals surface area contributed by atoms with E-state index in [0.717, 1.165) is 12.2 Å². The molecule has 1 rings (SSSR count). The van der Waals surface area contributed by atoms with Crippen LogP contribution in [0.25, 0.3) is 0 Å².